The van der Waals surface area contributed by atoms with E-state index < -0.39 is 6.23 Å². The smallest absolute Gasteiger partial charge is 0.118 e. The minimum Gasteiger partial charge on any atom is -0.508 e. The van der Waals surface area contributed by atoms with Crippen molar-refractivity contribution < 1.29 is 14.9 Å². The summed E-state index contributed by atoms with van der Waals surface area (Å²) in [6, 6.07) is 14.4. The quantitative estimate of drug-likeness (QED) is 0.824. The minimum absolute atomic E-state index is 0.186. The molecule has 1 saturated heterocycles. The van der Waals surface area contributed by atoms with Crippen molar-refractivity contribution in [3.63, 3.8) is 0 Å². The number of aromatic hydroxyl groups is 1. The number of phenols is 1. The SMILES string of the molecule is COc1ccc(CC(O)N2CC[C@@]34CCCC[C@H]3[C@@H]2Cc2ccc(O)cc24)cc1. The number of likely N-dealkylation sites (tertiary alicyclic amines) is 1. The molecule has 0 radical (unpaired) electrons. The third-order valence-electron chi connectivity index (χ3n) is 7.82. The average Bonchev–Trinajstić information content (AvgIpc) is 2.75. The summed E-state index contributed by atoms with van der Waals surface area (Å²) in [4.78, 5) is 2.37. The lowest BCUT2D eigenvalue weighted by atomic mass is 9.52. The molecule has 0 aromatic heterocycles. The molecule has 2 aromatic carbocycles. The van der Waals surface area contributed by atoms with Crippen molar-refractivity contribution in [2.75, 3.05) is 13.7 Å². The Morgan fingerprint density at radius 1 is 1.14 bits per heavy atom. The molecule has 1 aliphatic heterocycles. The summed E-state index contributed by atoms with van der Waals surface area (Å²) in [7, 11) is 1.68. The lowest BCUT2D eigenvalue weighted by Crippen LogP contribution is -2.63. The number of methoxy groups -OCH3 is 1. The fraction of sp³-hybridized carbons (Fsp3) is 0.520. The highest BCUT2D eigenvalue weighted by atomic mass is 16.5. The molecule has 4 heteroatoms. The third-order valence-corrected chi connectivity index (χ3v) is 7.82. The van der Waals surface area contributed by atoms with Gasteiger partial charge in [0.25, 0.3) is 0 Å². The molecule has 154 valence electrons. The van der Waals surface area contributed by atoms with Gasteiger partial charge >= 0.3 is 0 Å². The van der Waals surface area contributed by atoms with Crippen molar-refractivity contribution in [3.05, 3.63) is 59.2 Å². The number of rotatable bonds is 4. The summed E-state index contributed by atoms with van der Waals surface area (Å²) in [5.41, 5.74) is 4.08. The molecule has 1 saturated carbocycles. The lowest BCUT2D eigenvalue weighted by Gasteiger charge is -2.59. The Hall–Kier alpha value is -2.04. The Morgan fingerprint density at radius 3 is 2.76 bits per heavy atom. The highest BCUT2D eigenvalue weighted by molar-refractivity contribution is 5.45. The van der Waals surface area contributed by atoms with E-state index >= 15 is 0 Å². The van der Waals surface area contributed by atoms with Gasteiger partial charge in [-0.1, -0.05) is 31.0 Å². The summed E-state index contributed by atoms with van der Waals surface area (Å²) < 4.78 is 5.25. The normalized spacial score (nSPS) is 29.6. The second-order valence-corrected chi connectivity index (χ2v) is 9.14. The maximum Gasteiger partial charge on any atom is 0.118 e. The topological polar surface area (TPSA) is 52.9 Å². The van der Waals surface area contributed by atoms with Crippen molar-refractivity contribution in [2.45, 2.75) is 62.6 Å². The molecular formula is C25H31NO3. The van der Waals surface area contributed by atoms with Crippen LogP contribution in [0.1, 0.15) is 48.8 Å². The Kier molecular flexibility index (Phi) is 4.79. The number of hydrogen-bond donors (Lipinski definition) is 2. The summed E-state index contributed by atoms with van der Waals surface area (Å²) in [5, 5.41) is 21.4. The van der Waals surface area contributed by atoms with Crippen molar-refractivity contribution >= 4 is 0 Å². The molecule has 1 heterocycles. The molecular weight excluding hydrogens is 362 g/mol. The molecule has 4 nitrogen and oxygen atoms in total. The highest BCUT2D eigenvalue weighted by Crippen LogP contribution is 2.56. The van der Waals surface area contributed by atoms with Crippen LogP contribution in [0.15, 0.2) is 42.5 Å². The van der Waals surface area contributed by atoms with Gasteiger partial charge in [0, 0.05) is 24.4 Å². The first-order valence-electron chi connectivity index (χ1n) is 11.0. The predicted molar refractivity (Wildman–Crippen MR) is 113 cm³/mol. The number of fused-ring (bicyclic) bond motifs is 1. The molecule has 0 amide bonds. The Morgan fingerprint density at radius 2 is 1.97 bits per heavy atom. The van der Waals surface area contributed by atoms with Gasteiger partial charge in [-0.15, -0.1) is 0 Å². The van der Waals surface area contributed by atoms with Crippen LogP contribution in [0, 0.1) is 5.92 Å². The van der Waals surface area contributed by atoms with E-state index in [1.165, 1.54) is 36.8 Å². The zero-order chi connectivity index (χ0) is 20.0. The van der Waals surface area contributed by atoms with Gasteiger partial charge < -0.3 is 14.9 Å². The van der Waals surface area contributed by atoms with Gasteiger partial charge in [0.1, 0.15) is 17.7 Å². The van der Waals surface area contributed by atoms with Crippen LogP contribution in [0.3, 0.4) is 0 Å². The Balaban J connectivity index is 1.43. The van der Waals surface area contributed by atoms with Crippen LogP contribution in [0.2, 0.25) is 0 Å². The summed E-state index contributed by atoms with van der Waals surface area (Å²) in [6.07, 6.45) is 7.21. The Labute approximate surface area is 173 Å². The Bertz CT molecular complexity index is 880. The molecule has 29 heavy (non-hydrogen) atoms. The van der Waals surface area contributed by atoms with Crippen molar-refractivity contribution in [2.24, 2.45) is 5.92 Å². The predicted octanol–water partition coefficient (Wildman–Crippen LogP) is 4.02. The van der Waals surface area contributed by atoms with Crippen LogP contribution in [-0.4, -0.2) is 41.0 Å². The van der Waals surface area contributed by atoms with Crippen LogP contribution in [0.4, 0.5) is 0 Å². The summed E-state index contributed by atoms with van der Waals surface area (Å²) >= 11 is 0. The van der Waals surface area contributed by atoms with Crippen molar-refractivity contribution in [1.82, 2.24) is 4.90 Å². The maximum atomic E-state index is 11.2. The minimum atomic E-state index is -0.466. The number of aliphatic hydroxyl groups excluding tert-OH is 1. The third kappa shape index (κ3) is 3.13. The lowest BCUT2D eigenvalue weighted by molar-refractivity contribution is -0.0983. The zero-order valence-electron chi connectivity index (χ0n) is 17.2. The second-order valence-electron chi connectivity index (χ2n) is 9.14. The van der Waals surface area contributed by atoms with Gasteiger partial charge in [-0.05, 0) is 72.6 Å². The molecule has 2 N–H and O–H groups in total. The number of piperidine rings is 1. The first-order valence-corrected chi connectivity index (χ1v) is 11.0. The van der Waals surface area contributed by atoms with Crippen LogP contribution in [-0.2, 0) is 18.3 Å². The fourth-order valence-corrected chi connectivity index (χ4v) is 6.48. The van der Waals surface area contributed by atoms with Crippen molar-refractivity contribution in [3.8, 4) is 11.5 Å². The summed E-state index contributed by atoms with van der Waals surface area (Å²) in [6.45, 7) is 0.924. The number of nitrogens with zero attached hydrogens (tertiary/aromatic N) is 1. The van der Waals surface area contributed by atoms with E-state index in [-0.39, 0.29) is 5.41 Å². The van der Waals surface area contributed by atoms with Gasteiger partial charge in [-0.25, -0.2) is 0 Å². The number of hydrogen-bond acceptors (Lipinski definition) is 4. The zero-order valence-corrected chi connectivity index (χ0v) is 17.2. The number of ether oxygens (including phenoxy) is 1. The first kappa shape index (κ1) is 19.0. The number of aliphatic hydroxyl groups is 1. The molecule has 0 spiro atoms. The monoisotopic (exact) mass is 393 g/mol. The molecule has 2 bridgehead atoms. The van der Waals surface area contributed by atoms with Crippen LogP contribution in [0.5, 0.6) is 11.5 Å². The standard InChI is InChI=1S/C25H31NO3/c1-29-20-9-5-17(6-10-20)14-24(28)26-13-12-25-11-3-2-4-21(25)23(26)15-18-7-8-19(27)16-22(18)25/h5-10,16,21,23-24,27-28H,2-4,11-15H2,1H3/t21-,23-,24?,25-/m0/s1. The molecule has 2 aliphatic carbocycles. The van der Waals surface area contributed by atoms with Gasteiger partial charge in [0.2, 0.25) is 0 Å². The molecule has 2 aromatic rings. The number of phenolic OH excluding ortho intramolecular Hbond substituents is 1. The molecule has 4 atom stereocenters. The van der Waals surface area contributed by atoms with E-state index in [9.17, 15) is 10.2 Å². The van der Waals surface area contributed by atoms with Crippen LogP contribution in [0.25, 0.3) is 0 Å². The largest absolute Gasteiger partial charge is 0.508 e. The van der Waals surface area contributed by atoms with Crippen LogP contribution >= 0.6 is 0 Å². The van der Waals surface area contributed by atoms with Gasteiger partial charge in [-0.3, -0.25) is 4.90 Å². The fourth-order valence-electron chi connectivity index (χ4n) is 6.48. The average molecular weight is 394 g/mol. The summed E-state index contributed by atoms with van der Waals surface area (Å²) in [5.74, 6) is 1.81. The maximum absolute atomic E-state index is 11.2. The van der Waals surface area contributed by atoms with E-state index in [0.717, 1.165) is 30.7 Å². The van der Waals surface area contributed by atoms with Crippen molar-refractivity contribution in [1.29, 1.82) is 0 Å². The van der Waals surface area contributed by atoms with Gasteiger partial charge in [-0.2, -0.15) is 0 Å². The van der Waals surface area contributed by atoms with E-state index in [1.54, 1.807) is 7.11 Å². The highest BCUT2D eigenvalue weighted by Gasteiger charge is 2.54. The van der Waals surface area contributed by atoms with E-state index in [1.807, 2.05) is 24.3 Å². The molecule has 3 aliphatic rings. The van der Waals surface area contributed by atoms with Gasteiger partial charge in [0.15, 0.2) is 0 Å². The molecule has 5 rings (SSSR count). The van der Waals surface area contributed by atoms with E-state index in [0.29, 0.717) is 24.1 Å². The molecule has 2 fully saturated rings. The van der Waals surface area contributed by atoms with E-state index in [4.69, 9.17) is 4.74 Å². The molecule has 1 unspecified atom stereocenters. The van der Waals surface area contributed by atoms with Gasteiger partial charge in [0.05, 0.1) is 7.11 Å². The number of benzene rings is 2. The van der Waals surface area contributed by atoms with Crippen LogP contribution < -0.4 is 4.74 Å². The van der Waals surface area contributed by atoms with E-state index in [2.05, 4.69) is 23.1 Å². The second kappa shape index (κ2) is 7.33. The first-order chi connectivity index (χ1) is 14.1.